The Bertz CT molecular complexity index is 402. The van der Waals surface area contributed by atoms with Crippen LogP contribution in [0.15, 0.2) is 18.2 Å². The summed E-state index contributed by atoms with van der Waals surface area (Å²) in [5, 5.41) is 6.57. The topological polar surface area (TPSA) is 41.1 Å². The number of benzene rings is 1. The van der Waals surface area contributed by atoms with Gasteiger partial charge in [0.25, 0.3) is 5.91 Å². The lowest BCUT2D eigenvalue weighted by Crippen LogP contribution is -2.38. The zero-order valence-electron chi connectivity index (χ0n) is 10.3. The largest absolute Gasteiger partial charge is 0.350 e. The molecule has 0 heterocycles. The predicted molar refractivity (Wildman–Crippen MR) is 86.9 cm³/mol. The molecule has 0 radical (unpaired) electrons. The molecule has 0 aromatic heterocycles. The van der Waals surface area contributed by atoms with Gasteiger partial charge in [-0.3, -0.25) is 4.79 Å². The van der Waals surface area contributed by atoms with Crippen molar-refractivity contribution >= 4 is 52.5 Å². The van der Waals surface area contributed by atoms with Gasteiger partial charge in [-0.05, 0) is 54.3 Å². The molecule has 1 rings (SSSR count). The molecule has 0 bridgehead atoms. The highest BCUT2D eigenvalue weighted by atomic mass is 127. The van der Waals surface area contributed by atoms with E-state index in [1.807, 2.05) is 19.9 Å². The summed E-state index contributed by atoms with van der Waals surface area (Å²) >= 11 is 8.18. The predicted octanol–water partition coefficient (Wildman–Crippen LogP) is 3.09. The van der Waals surface area contributed by atoms with Crippen molar-refractivity contribution in [1.29, 1.82) is 0 Å². The first-order valence-corrected chi connectivity index (χ1v) is 6.97. The molecule has 0 saturated heterocycles. The third kappa shape index (κ3) is 5.73. The molecule has 0 saturated carbocycles. The van der Waals surface area contributed by atoms with Crippen molar-refractivity contribution in [1.82, 2.24) is 10.6 Å². The average Bonchev–Trinajstić information content (AvgIpc) is 2.26. The van der Waals surface area contributed by atoms with Gasteiger partial charge in [0, 0.05) is 16.2 Å². The van der Waals surface area contributed by atoms with E-state index in [9.17, 15) is 4.79 Å². The fourth-order valence-corrected chi connectivity index (χ4v) is 2.38. The van der Waals surface area contributed by atoms with Gasteiger partial charge in [-0.15, -0.1) is 12.4 Å². The molecule has 0 spiro atoms. The Morgan fingerprint density at radius 1 is 1.50 bits per heavy atom. The summed E-state index contributed by atoms with van der Waals surface area (Å²) in [4.78, 5) is 11.9. The highest BCUT2D eigenvalue weighted by Gasteiger charge is 2.11. The first-order valence-electron chi connectivity index (χ1n) is 5.51. The van der Waals surface area contributed by atoms with E-state index in [4.69, 9.17) is 11.6 Å². The minimum absolute atomic E-state index is 0. The van der Waals surface area contributed by atoms with E-state index in [0.29, 0.717) is 17.1 Å². The van der Waals surface area contributed by atoms with Crippen LogP contribution in [0.4, 0.5) is 0 Å². The second-order valence-corrected chi connectivity index (χ2v) is 5.45. The van der Waals surface area contributed by atoms with E-state index in [1.165, 1.54) is 0 Å². The van der Waals surface area contributed by atoms with Gasteiger partial charge in [0.05, 0.1) is 10.6 Å². The van der Waals surface area contributed by atoms with Gasteiger partial charge in [-0.1, -0.05) is 18.5 Å². The number of likely N-dealkylation sites (N-methyl/N-ethyl adjacent to an activating group) is 1. The second kappa shape index (κ2) is 8.96. The van der Waals surface area contributed by atoms with Crippen LogP contribution >= 0.6 is 46.6 Å². The number of amides is 1. The van der Waals surface area contributed by atoms with Gasteiger partial charge < -0.3 is 10.6 Å². The van der Waals surface area contributed by atoms with E-state index >= 15 is 0 Å². The lowest BCUT2D eigenvalue weighted by Gasteiger charge is -2.13. The summed E-state index contributed by atoms with van der Waals surface area (Å²) in [5.41, 5.74) is 0.524. The SMILES string of the molecule is CCN[C@H](C)CNC(=O)c1ccc(I)cc1Cl.Cl. The first-order chi connectivity index (χ1) is 8.04. The summed E-state index contributed by atoms with van der Waals surface area (Å²) in [5.74, 6) is -0.129. The summed E-state index contributed by atoms with van der Waals surface area (Å²) in [6.45, 7) is 5.55. The molecule has 0 aliphatic carbocycles. The summed E-state index contributed by atoms with van der Waals surface area (Å²) in [7, 11) is 0. The van der Waals surface area contributed by atoms with Crippen LogP contribution in [0.2, 0.25) is 5.02 Å². The molecule has 18 heavy (non-hydrogen) atoms. The van der Waals surface area contributed by atoms with Gasteiger partial charge in [0.2, 0.25) is 0 Å². The molecule has 1 aromatic carbocycles. The Labute approximate surface area is 133 Å². The smallest absolute Gasteiger partial charge is 0.252 e. The third-order valence-corrected chi connectivity index (χ3v) is 3.28. The number of carbonyl (C=O) groups is 1. The van der Waals surface area contributed by atoms with Crippen LogP contribution in [0.3, 0.4) is 0 Å². The maximum atomic E-state index is 11.9. The standard InChI is InChI=1S/C12H16ClIN2O.ClH/c1-3-15-8(2)7-16-12(17)10-5-4-9(14)6-11(10)13;/h4-6,8,15H,3,7H2,1-2H3,(H,16,17);1H/t8-;/m1./s1. The van der Waals surface area contributed by atoms with Crippen molar-refractivity contribution in [2.75, 3.05) is 13.1 Å². The molecule has 1 atom stereocenters. The molecule has 1 amide bonds. The Hall–Kier alpha value is -0.0400. The van der Waals surface area contributed by atoms with Crippen molar-refractivity contribution in [3.63, 3.8) is 0 Å². The van der Waals surface area contributed by atoms with Crippen molar-refractivity contribution in [3.8, 4) is 0 Å². The normalized spacial score (nSPS) is 11.6. The fraction of sp³-hybridized carbons (Fsp3) is 0.417. The average molecular weight is 403 g/mol. The molecule has 6 heteroatoms. The zero-order valence-corrected chi connectivity index (χ0v) is 14.0. The number of nitrogens with one attached hydrogen (secondary N) is 2. The molecule has 1 aromatic rings. The Morgan fingerprint density at radius 2 is 2.17 bits per heavy atom. The van der Waals surface area contributed by atoms with Gasteiger partial charge >= 0.3 is 0 Å². The lowest BCUT2D eigenvalue weighted by molar-refractivity contribution is 0.0950. The Balaban J connectivity index is 0.00000289. The number of hydrogen-bond acceptors (Lipinski definition) is 2. The van der Waals surface area contributed by atoms with Gasteiger partial charge in [-0.2, -0.15) is 0 Å². The molecule has 0 aliphatic rings. The minimum Gasteiger partial charge on any atom is -0.350 e. The first kappa shape index (κ1) is 18.0. The van der Waals surface area contributed by atoms with Crippen LogP contribution < -0.4 is 10.6 Å². The van der Waals surface area contributed by atoms with Crippen LogP contribution in [0.25, 0.3) is 0 Å². The van der Waals surface area contributed by atoms with E-state index < -0.39 is 0 Å². The van der Waals surface area contributed by atoms with Crippen LogP contribution in [0.1, 0.15) is 24.2 Å². The van der Waals surface area contributed by atoms with E-state index in [-0.39, 0.29) is 24.4 Å². The maximum absolute atomic E-state index is 11.9. The molecule has 2 N–H and O–H groups in total. The highest BCUT2D eigenvalue weighted by Crippen LogP contribution is 2.18. The molecule has 0 aliphatic heterocycles. The van der Waals surface area contributed by atoms with Crippen molar-refractivity contribution in [3.05, 3.63) is 32.4 Å². The number of rotatable bonds is 5. The van der Waals surface area contributed by atoms with E-state index in [1.54, 1.807) is 12.1 Å². The van der Waals surface area contributed by atoms with E-state index in [0.717, 1.165) is 10.1 Å². The van der Waals surface area contributed by atoms with E-state index in [2.05, 4.69) is 33.2 Å². The fourth-order valence-electron chi connectivity index (χ4n) is 1.44. The molecule has 0 fully saturated rings. The van der Waals surface area contributed by atoms with Gasteiger partial charge in [0.1, 0.15) is 0 Å². The number of carbonyl (C=O) groups excluding carboxylic acids is 1. The summed E-state index contributed by atoms with van der Waals surface area (Å²) < 4.78 is 1.02. The summed E-state index contributed by atoms with van der Waals surface area (Å²) in [6, 6.07) is 5.66. The van der Waals surface area contributed by atoms with Crippen LogP contribution in [0.5, 0.6) is 0 Å². The van der Waals surface area contributed by atoms with Gasteiger partial charge in [0.15, 0.2) is 0 Å². The lowest BCUT2D eigenvalue weighted by atomic mass is 10.2. The Kier molecular flexibility index (Phi) is 8.94. The third-order valence-electron chi connectivity index (χ3n) is 2.30. The van der Waals surface area contributed by atoms with Crippen molar-refractivity contribution in [2.24, 2.45) is 0 Å². The monoisotopic (exact) mass is 402 g/mol. The van der Waals surface area contributed by atoms with Crippen LogP contribution in [-0.4, -0.2) is 25.0 Å². The molecule has 3 nitrogen and oxygen atoms in total. The van der Waals surface area contributed by atoms with Crippen LogP contribution in [-0.2, 0) is 0 Å². The van der Waals surface area contributed by atoms with Gasteiger partial charge in [-0.25, -0.2) is 0 Å². The molecule has 0 unspecified atom stereocenters. The molecular formula is C12H17Cl2IN2O. The quantitative estimate of drug-likeness (QED) is 0.743. The maximum Gasteiger partial charge on any atom is 0.252 e. The van der Waals surface area contributed by atoms with Crippen molar-refractivity contribution in [2.45, 2.75) is 19.9 Å². The van der Waals surface area contributed by atoms with Crippen LogP contribution in [0, 0.1) is 3.57 Å². The van der Waals surface area contributed by atoms with Crippen molar-refractivity contribution < 1.29 is 4.79 Å². The highest BCUT2D eigenvalue weighted by molar-refractivity contribution is 14.1. The minimum atomic E-state index is -0.129. The summed E-state index contributed by atoms with van der Waals surface area (Å²) in [6.07, 6.45) is 0. The number of halogens is 3. The zero-order chi connectivity index (χ0) is 12.8. The Morgan fingerprint density at radius 3 is 2.72 bits per heavy atom. The number of hydrogen-bond donors (Lipinski definition) is 2. The molecule has 102 valence electrons. The molecular weight excluding hydrogens is 386 g/mol. The second-order valence-electron chi connectivity index (χ2n) is 3.79.